The second kappa shape index (κ2) is 7.37. The van der Waals surface area contributed by atoms with Gasteiger partial charge in [-0.15, -0.1) is 0 Å². The van der Waals surface area contributed by atoms with Gasteiger partial charge in [-0.2, -0.15) is 0 Å². The summed E-state index contributed by atoms with van der Waals surface area (Å²) in [4.78, 5) is 7.17. The number of aromatic nitrogens is 1. The van der Waals surface area contributed by atoms with Crippen LogP contribution in [0.2, 0.25) is 0 Å². The molecule has 0 spiro atoms. The molecule has 6 rings (SSSR count). The number of fused-ring (bicyclic) bond motifs is 4. The van der Waals surface area contributed by atoms with Crippen molar-refractivity contribution in [3.05, 3.63) is 103 Å². The number of nitrogens with one attached hydrogen (secondary N) is 1. The highest BCUT2D eigenvalue weighted by Crippen LogP contribution is 2.43. The standard InChI is InChI=1S/C13H9N.C12H9NS/c1-3-7-12-10(5-1)9-11-6-2-4-8-13(11)14-12;1-3-7-11-9(5-1)13-10-6-2-4-8-12(10)14-11/h1-9H;1-8,13H. The highest BCUT2D eigenvalue weighted by Gasteiger charge is 2.13. The van der Waals surface area contributed by atoms with Crippen molar-refractivity contribution >= 4 is 44.9 Å². The van der Waals surface area contributed by atoms with Crippen LogP contribution < -0.4 is 5.32 Å². The van der Waals surface area contributed by atoms with Gasteiger partial charge in [0.2, 0.25) is 0 Å². The van der Waals surface area contributed by atoms with Crippen LogP contribution in [0, 0.1) is 0 Å². The smallest absolute Gasteiger partial charge is 0.0709 e. The molecule has 0 fully saturated rings. The molecule has 1 aliphatic rings. The third-order valence-corrected chi connectivity index (χ3v) is 5.84. The maximum Gasteiger partial charge on any atom is 0.0709 e. The molecule has 0 unspecified atom stereocenters. The SMILES string of the molecule is c1ccc2c(c1)Nc1ccccc1S2.c1ccc2nc3ccccc3cc2c1. The summed E-state index contributed by atoms with van der Waals surface area (Å²) in [6.45, 7) is 0. The van der Waals surface area contributed by atoms with Gasteiger partial charge >= 0.3 is 0 Å². The van der Waals surface area contributed by atoms with Crippen LogP contribution in [0.3, 0.4) is 0 Å². The molecule has 0 bridgehead atoms. The first kappa shape index (κ1) is 16.8. The molecular weight excluding hydrogens is 360 g/mol. The number of anilines is 2. The van der Waals surface area contributed by atoms with Crippen molar-refractivity contribution in [2.24, 2.45) is 0 Å². The zero-order valence-corrected chi connectivity index (χ0v) is 16.0. The molecule has 0 atom stereocenters. The maximum absolute atomic E-state index is 4.58. The molecule has 2 nitrogen and oxygen atoms in total. The first-order valence-corrected chi connectivity index (χ1v) is 10.1. The summed E-state index contributed by atoms with van der Waals surface area (Å²) in [5, 5.41) is 5.82. The molecule has 0 amide bonds. The average molecular weight is 379 g/mol. The van der Waals surface area contributed by atoms with Crippen LogP contribution in [-0.4, -0.2) is 4.98 Å². The fourth-order valence-electron chi connectivity index (χ4n) is 3.30. The summed E-state index contributed by atoms with van der Waals surface area (Å²) in [7, 11) is 0. The van der Waals surface area contributed by atoms with Gasteiger partial charge in [0.25, 0.3) is 0 Å². The van der Waals surface area contributed by atoms with Gasteiger partial charge in [0.15, 0.2) is 0 Å². The van der Waals surface area contributed by atoms with E-state index in [9.17, 15) is 0 Å². The summed E-state index contributed by atoms with van der Waals surface area (Å²) < 4.78 is 0. The average Bonchev–Trinajstić information content (AvgIpc) is 2.76. The maximum atomic E-state index is 4.58. The summed E-state index contributed by atoms with van der Waals surface area (Å²) in [5.74, 6) is 0. The number of para-hydroxylation sites is 4. The minimum absolute atomic E-state index is 1.06. The summed E-state index contributed by atoms with van der Waals surface area (Å²) in [6.07, 6.45) is 0. The highest BCUT2D eigenvalue weighted by molar-refractivity contribution is 7.99. The van der Waals surface area contributed by atoms with Crippen LogP contribution in [0.25, 0.3) is 21.8 Å². The van der Waals surface area contributed by atoms with E-state index in [1.54, 1.807) is 0 Å². The Morgan fingerprint density at radius 3 is 1.57 bits per heavy atom. The fourth-order valence-corrected chi connectivity index (χ4v) is 4.29. The number of benzene rings is 4. The molecule has 0 saturated carbocycles. The number of nitrogens with zero attached hydrogens (tertiary/aromatic N) is 1. The van der Waals surface area contributed by atoms with Gasteiger partial charge in [-0.05, 0) is 42.5 Å². The van der Waals surface area contributed by atoms with E-state index in [1.807, 2.05) is 48.2 Å². The predicted octanol–water partition coefficient (Wildman–Crippen LogP) is 7.28. The van der Waals surface area contributed by atoms with Gasteiger partial charge in [-0.3, -0.25) is 0 Å². The van der Waals surface area contributed by atoms with E-state index in [-0.39, 0.29) is 0 Å². The van der Waals surface area contributed by atoms with Crippen LogP contribution in [0.4, 0.5) is 11.4 Å². The lowest BCUT2D eigenvalue weighted by Crippen LogP contribution is -1.98. The van der Waals surface area contributed by atoms with Gasteiger partial charge in [-0.1, -0.05) is 72.4 Å². The van der Waals surface area contributed by atoms with Crippen molar-refractivity contribution in [3.8, 4) is 0 Å². The Balaban J connectivity index is 0.000000122. The van der Waals surface area contributed by atoms with E-state index < -0.39 is 0 Å². The molecule has 134 valence electrons. The molecule has 3 heteroatoms. The largest absolute Gasteiger partial charge is 0.354 e. The van der Waals surface area contributed by atoms with Crippen LogP contribution in [0.1, 0.15) is 0 Å². The van der Waals surface area contributed by atoms with Crippen molar-refractivity contribution < 1.29 is 0 Å². The monoisotopic (exact) mass is 378 g/mol. The third-order valence-electron chi connectivity index (χ3n) is 4.69. The zero-order valence-electron chi connectivity index (χ0n) is 15.2. The zero-order chi connectivity index (χ0) is 18.8. The lowest BCUT2D eigenvalue weighted by atomic mass is 10.1. The van der Waals surface area contributed by atoms with E-state index >= 15 is 0 Å². The highest BCUT2D eigenvalue weighted by atomic mass is 32.2. The molecule has 28 heavy (non-hydrogen) atoms. The molecular formula is C25H18N2S. The summed E-state index contributed by atoms with van der Waals surface area (Å²) >= 11 is 1.82. The molecule has 1 N–H and O–H groups in total. The topological polar surface area (TPSA) is 24.9 Å². The quantitative estimate of drug-likeness (QED) is 0.281. The molecule has 2 heterocycles. The molecule has 0 radical (unpaired) electrons. The lowest BCUT2D eigenvalue weighted by molar-refractivity contribution is 1.32. The fraction of sp³-hybridized carbons (Fsp3) is 0. The van der Waals surface area contributed by atoms with Crippen LogP contribution in [-0.2, 0) is 0 Å². The minimum atomic E-state index is 1.06. The van der Waals surface area contributed by atoms with Gasteiger partial charge in [-0.25, -0.2) is 4.98 Å². The molecule has 1 aliphatic heterocycles. The van der Waals surface area contributed by atoms with E-state index in [2.05, 4.69) is 77.0 Å². The van der Waals surface area contributed by atoms with Gasteiger partial charge in [0, 0.05) is 20.6 Å². The number of hydrogen-bond acceptors (Lipinski definition) is 3. The van der Waals surface area contributed by atoms with Crippen molar-refractivity contribution in [2.75, 3.05) is 5.32 Å². The van der Waals surface area contributed by atoms with Crippen molar-refractivity contribution in [2.45, 2.75) is 9.79 Å². The summed E-state index contributed by atoms with van der Waals surface area (Å²) in [5.41, 5.74) is 4.53. The Hall–Kier alpha value is -3.30. The van der Waals surface area contributed by atoms with Crippen molar-refractivity contribution in [1.29, 1.82) is 0 Å². The predicted molar refractivity (Wildman–Crippen MR) is 120 cm³/mol. The summed E-state index contributed by atoms with van der Waals surface area (Å²) in [6, 6.07) is 35.3. The number of rotatable bonds is 0. The van der Waals surface area contributed by atoms with Crippen molar-refractivity contribution in [3.63, 3.8) is 0 Å². The van der Waals surface area contributed by atoms with Crippen LogP contribution in [0.5, 0.6) is 0 Å². The van der Waals surface area contributed by atoms with E-state index in [0.29, 0.717) is 0 Å². The minimum Gasteiger partial charge on any atom is -0.354 e. The Bertz CT molecular complexity index is 1090. The second-order valence-corrected chi connectivity index (χ2v) is 7.68. The molecule has 0 aliphatic carbocycles. The second-order valence-electron chi connectivity index (χ2n) is 6.59. The first-order chi connectivity index (χ1) is 13.9. The molecule has 1 aromatic heterocycles. The Morgan fingerprint density at radius 2 is 1.00 bits per heavy atom. The molecule has 5 aromatic rings. The third kappa shape index (κ3) is 3.32. The van der Waals surface area contributed by atoms with Crippen LogP contribution >= 0.6 is 11.8 Å². The molecule has 0 saturated heterocycles. The van der Waals surface area contributed by atoms with E-state index in [1.165, 1.54) is 31.9 Å². The van der Waals surface area contributed by atoms with E-state index in [0.717, 1.165) is 11.0 Å². The van der Waals surface area contributed by atoms with Gasteiger partial charge in [0.05, 0.1) is 22.4 Å². The normalized spacial score (nSPS) is 11.7. The van der Waals surface area contributed by atoms with Crippen LogP contribution in [0.15, 0.2) is 113 Å². The number of pyridine rings is 1. The van der Waals surface area contributed by atoms with E-state index in [4.69, 9.17) is 0 Å². The number of hydrogen-bond donors (Lipinski definition) is 1. The Morgan fingerprint density at radius 1 is 0.536 bits per heavy atom. The van der Waals surface area contributed by atoms with Gasteiger partial charge < -0.3 is 5.32 Å². The molecule has 4 aromatic carbocycles. The Kier molecular flexibility index (Phi) is 4.43. The lowest BCUT2D eigenvalue weighted by Gasteiger charge is -2.19. The van der Waals surface area contributed by atoms with Gasteiger partial charge in [0.1, 0.15) is 0 Å². The van der Waals surface area contributed by atoms with Crippen molar-refractivity contribution in [1.82, 2.24) is 4.98 Å². The Labute approximate surface area is 168 Å². The first-order valence-electron chi connectivity index (χ1n) is 9.24.